The van der Waals surface area contributed by atoms with Crippen LogP contribution in [0.25, 0.3) is 11.0 Å². The van der Waals surface area contributed by atoms with E-state index in [1.165, 1.54) is 21.1 Å². The Kier molecular flexibility index (Phi) is 4.31. The van der Waals surface area contributed by atoms with E-state index >= 15 is 0 Å². The maximum Gasteiger partial charge on any atom is 0.297 e. The molecule has 0 fully saturated rings. The third-order valence-corrected chi connectivity index (χ3v) is 7.32. The minimum Gasteiger partial charge on any atom is -0.450 e. The average Bonchev–Trinajstić information content (AvgIpc) is 3.44. The van der Waals surface area contributed by atoms with Crippen molar-refractivity contribution < 1.29 is 14.0 Å². The van der Waals surface area contributed by atoms with Gasteiger partial charge in [0, 0.05) is 24.7 Å². The zero-order valence-corrected chi connectivity index (χ0v) is 19.5. The molecule has 0 saturated heterocycles. The van der Waals surface area contributed by atoms with E-state index in [-0.39, 0.29) is 16.5 Å². The van der Waals surface area contributed by atoms with E-state index < -0.39 is 22.8 Å². The molecule has 2 amide bonds. The van der Waals surface area contributed by atoms with Gasteiger partial charge < -0.3 is 9.32 Å². The van der Waals surface area contributed by atoms with Gasteiger partial charge in [0.25, 0.3) is 11.8 Å². The largest absolute Gasteiger partial charge is 0.450 e. The van der Waals surface area contributed by atoms with Crippen LogP contribution in [-0.2, 0) is 16.8 Å². The van der Waals surface area contributed by atoms with Crippen molar-refractivity contribution in [2.24, 2.45) is 5.92 Å². The molecular weight excluding hydrogens is 452 g/mol. The fraction of sp³-hybridized carbons (Fsp3) is 0.240. The molecule has 4 heterocycles. The van der Waals surface area contributed by atoms with Gasteiger partial charge in [-0.1, -0.05) is 55.5 Å². The van der Waals surface area contributed by atoms with Gasteiger partial charge in [-0.2, -0.15) is 0 Å². The number of nitrogens with zero attached hydrogens (tertiary/aromatic N) is 4. The molecule has 2 aliphatic rings. The number of carbonyl (C=O) groups excluding carboxylic acids is 2. The molecule has 6 rings (SSSR count). The molecule has 9 heteroatoms. The summed E-state index contributed by atoms with van der Waals surface area (Å²) < 4.78 is 6.00. The Balaban J connectivity index is 1.72. The maximum absolute atomic E-state index is 14.1. The lowest BCUT2D eigenvalue weighted by molar-refractivity contribution is -0.121. The van der Waals surface area contributed by atoms with E-state index in [1.54, 1.807) is 49.5 Å². The minimum absolute atomic E-state index is 0.0265. The first-order valence-corrected chi connectivity index (χ1v) is 11.8. The molecule has 2 aromatic heterocycles. The second kappa shape index (κ2) is 7.07. The van der Waals surface area contributed by atoms with Crippen molar-refractivity contribution in [3.8, 4) is 0 Å². The molecule has 0 aliphatic carbocycles. The highest BCUT2D eigenvalue weighted by Crippen LogP contribution is 2.53. The number of rotatable bonds is 3. The third kappa shape index (κ3) is 2.50. The highest BCUT2D eigenvalue weighted by atomic mass is 32.1. The number of fused-ring (bicyclic) bond motifs is 5. The number of hydrogen-bond donors (Lipinski definition) is 0. The molecule has 4 aromatic rings. The van der Waals surface area contributed by atoms with Crippen LogP contribution < -0.4 is 15.2 Å². The molecule has 2 aromatic carbocycles. The van der Waals surface area contributed by atoms with Gasteiger partial charge in [-0.05, 0) is 24.1 Å². The average molecular weight is 473 g/mol. The zero-order valence-electron chi connectivity index (χ0n) is 18.7. The van der Waals surface area contributed by atoms with Gasteiger partial charge in [0.05, 0.1) is 10.9 Å². The first kappa shape index (κ1) is 20.7. The third-order valence-electron chi connectivity index (χ3n) is 6.39. The van der Waals surface area contributed by atoms with Gasteiger partial charge in [0.2, 0.25) is 10.9 Å². The number of likely N-dealkylation sites (N-methyl/N-ethyl adjacent to an activating group) is 1. The normalized spacial score (nSPS) is 19.1. The number of amides is 2. The lowest BCUT2D eigenvalue weighted by Gasteiger charge is -2.31. The van der Waals surface area contributed by atoms with Gasteiger partial charge in [-0.3, -0.25) is 19.3 Å². The summed E-state index contributed by atoms with van der Waals surface area (Å²) in [5.41, 5.74) is -0.634. The first-order valence-electron chi connectivity index (χ1n) is 11.0. The molecule has 0 saturated carbocycles. The Morgan fingerprint density at radius 1 is 1.03 bits per heavy atom. The quantitative estimate of drug-likeness (QED) is 0.451. The summed E-state index contributed by atoms with van der Waals surface area (Å²) >= 11 is 1.25. The van der Waals surface area contributed by atoms with E-state index in [4.69, 9.17) is 4.42 Å². The Bertz CT molecular complexity index is 1570. The molecule has 1 atom stereocenters. The van der Waals surface area contributed by atoms with Crippen LogP contribution in [0.15, 0.2) is 57.7 Å². The number of aromatic nitrogens is 2. The molecule has 170 valence electrons. The topological polar surface area (TPSA) is 96.6 Å². The fourth-order valence-electron chi connectivity index (χ4n) is 4.98. The van der Waals surface area contributed by atoms with Gasteiger partial charge in [0.15, 0.2) is 11.0 Å². The molecule has 0 bridgehead atoms. The van der Waals surface area contributed by atoms with Gasteiger partial charge in [-0.15, -0.1) is 10.2 Å². The molecular formula is C25H20N4O4S. The Morgan fingerprint density at radius 3 is 2.56 bits per heavy atom. The van der Waals surface area contributed by atoms with Gasteiger partial charge in [-0.25, -0.2) is 0 Å². The molecule has 8 nitrogen and oxygen atoms in total. The molecule has 0 radical (unpaired) electrons. The number of benzene rings is 2. The second-order valence-corrected chi connectivity index (χ2v) is 9.98. The monoisotopic (exact) mass is 472 g/mol. The van der Waals surface area contributed by atoms with Crippen LogP contribution >= 0.6 is 11.3 Å². The first-order chi connectivity index (χ1) is 16.4. The summed E-state index contributed by atoms with van der Waals surface area (Å²) in [5, 5.41) is 9.89. The minimum atomic E-state index is -1.71. The molecule has 1 spiro atoms. The Morgan fingerprint density at radius 2 is 1.76 bits per heavy atom. The zero-order chi connectivity index (χ0) is 23.8. The van der Waals surface area contributed by atoms with Crippen molar-refractivity contribution in [3.63, 3.8) is 0 Å². The fourth-order valence-corrected chi connectivity index (χ4v) is 6.08. The van der Waals surface area contributed by atoms with E-state index in [0.717, 1.165) is 5.01 Å². The van der Waals surface area contributed by atoms with Crippen molar-refractivity contribution in [3.05, 3.63) is 80.6 Å². The van der Waals surface area contributed by atoms with Crippen LogP contribution in [0.1, 0.15) is 40.5 Å². The standard InChI is InChI=1S/C25H20N4O4S/c1-13(2)12-18-26-27-24(34-18)29-22(31)21-19(20(30)14-8-4-7-11-17(14)33-21)25(29)15-9-5-6-10-16(15)28(3)23(25)32/h4-11,13H,12H2,1-3H3. The molecule has 34 heavy (non-hydrogen) atoms. The smallest absolute Gasteiger partial charge is 0.297 e. The Hall–Kier alpha value is -3.85. The lowest BCUT2D eigenvalue weighted by atomic mass is 9.84. The van der Waals surface area contributed by atoms with E-state index in [1.807, 2.05) is 6.07 Å². The van der Waals surface area contributed by atoms with Crippen LogP contribution in [0.4, 0.5) is 10.8 Å². The summed E-state index contributed by atoms with van der Waals surface area (Å²) in [4.78, 5) is 44.6. The van der Waals surface area contributed by atoms with E-state index in [9.17, 15) is 14.4 Å². The van der Waals surface area contributed by atoms with Crippen molar-refractivity contribution in [2.75, 3.05) is 16.8 Å². The summed E-state index contributed by atoms with van der Waals surface area (Å²) in [7, 11) is 1.64. The molecule has 0 N–H and O–H groups in total. The van der Waals surface area contributed by atoms with Crippen LogP contribution in [0.2, 0.25) is 0 Å². The molecule has 1 unspecified atom stereocenters. The predicted molar refractivity (Wildman–Crippen MR) is 128 cm³/mol. The number of para-hydroxylation sites is 2. The maximum atomic E-state index is 14.1. The number of anilines is 2. The van der Waals surface area contributed by atoms with E-state index in [2.05, 4.69) is 24.0 Å². The predicted octanol–water partition coefficient (Wildman–Crippen LogP) is 3.72. The van der Waals surface area contributed by atoms with Gasteiger partial charge in [0.1, 0.15) is 10.6 Å². The van der Waals surface area contributed by atoms with Crippen molar-refractivity contribution in [1.82, 2.24) is 10.2 Å². The van der Waals surface area contributed by atoms with Crippen molar-refractivity contribution in [1.29, 1.82) is 0 Å². The van der Waals surface area contributed by atoms with Crippen LogP contribution in [0.3, 0.4) is 0 Å². The van der Waals surface area contributed by atoms with Crippen molar-refractivity contribution >= 4 is 44.9 Å². The van der Waals surface area contributed by atoms with Crippen LogP contribution in [-0.4, -0.2) is 29.1 Å². The second-order valence-electron chi connectivity index (χ2n) is 8.94. The molecule has 2 aliphatic heterocycles. The Labute approximate surface area is 198 Å². The van der Waals surface area contributed by atoms with Crippen molar-refractivity contribution in [2.45, 2.75) is 25.8 Å². The lowest BCUT2D eigenvalue weighted by Crippen LogP contribution is -2.53. The van der Waals surface area contributed by atoms with Crippen LogP contribution in [0.5, 0.6) is 0 Å². The van der Waals surface area contributed by atoms with E-state index in [0.29, 0.717) is 34.6 Å². The summed E-state index contributed by atoms with van der Waals surface area (Å²) in [6.45, 7) is 4.14. The highest BCUT2D eigenvalue weighted by molar-refractivity contribution is 7.15. The summed E-state index contributed by atoms with van der Waals surface area (Å²) in [5.74, 6) is -0.787. The van der Waals surface area contributed by atoms with Gasteiger partial charge >= 0.3 is 0 Å². The number of hydrogen-bond acceptors (Lipinski definition) is 7. The summed E-state index contributed by atoms with van der Waals surface area (Å²) in [6, 6.07) is 13.9. The number of carbonyl (C=O) groups is 2. The summed E-state index contributed by atoms with van der Waals surface area (Å²) in [6.07, 6.45) is 0.686. The van der Waals surface area contributed by atoms with Crippen LogP contribution in [0, 0.1) is 5.92 Å². The SMILES string of the molecule is CC(C)Cc1nnc(N2C(=O)c3oc4ccccc4c(=O)c3C23C(=O)N(C)c2ccccc23)s1. The highest BCUT2D eigenvalue weighted by Gasteiger charge is 2.66.